The third-order valence-electron chi connectivity index (χ3n) is 4.88. The van der Waals surface area contributed by atoms with Gasteiger partial charge in [-0.25, -0.2) is 0 Å². The van der Waals surface area contributed by atoms with Crippen LogP contribution in [0.1, 0.15) is 33.6 Å². The molecule has 4 nitrogen and oxygen atoms in total. The summed E-state index contributed by atoms with van der Waals surface area (Å²) in [6.07, 6.45) is 2.18. The Bertz CT molecular complexity index is 487. The zero-order valence-electron chi connectivity index (χ0n) is 13.7. The van der Waals surface area contributed by atoms with Gasteiger partial charge in [0.05, 0.1) is 18.3 Å². The van der Waals surface area contributed by atoms with Crippen molar-refractivity contribution in [3.8, 4) is 0 Å². The van der Waals surface area contributed by atoms with E-state index in [-0.39, 0.29) is 13.2 Å². The summed E-state index contributed by atoms with van der Waals surface area (Å²) >= 11 is 0. The number of hydrogen-bond acceptors (Lipinski definition) is 4. The van der Waals surface area contributed by atoms with Crippen LogP contribution >= 0.6 is 0 Å². The lowest BCUT2D eigenvalue weighted by Crippen LogP contribution is -2.49. The molecule has 1 aromatic carbocycles. The van der Waals surface area contributed by atoms with E-state index in [1.807, 2.05) is 30.3 Å². The van der Waals surface area contributed by atoms with E-state index in [1.165, 1.54) is 0 Å². The van der Waals surface area contributed by atoms with Gasteiger partial charge in [0, 0.05) is 13.2 Å². The van der Waals surface area contributed by atoms with E-state index in [1.54, 1.807) is 0 Å². The largest absolute Gasteiger partial charge is 0.494 e. The van der Waals surface area contributed by atoms with Crippen molar-refractivity contribution in [3.05, 3.63) is 30.3 Å². The van der Waals surface area contributed by atoms with Crippen LogP contribution < -0.4 is 5.46 Å². The van der Waals surface area contributed by atoms with Crippen molar-refractivity contribution in [1.82, 2.24) is 0 Å². The van der Waals surface area contributed by atoms with E-state index in [0.29, 0.717) is 6.61 Å². The Morgan fingerprint density at radius 2 is 1.77 bits per heavy atom. The Labute approximate surface area is 133 Å². The minimum Gasteiger partial charge on any atom is -0.399 e. The van der Waals surface area contributed by atoms with E-state index < -0.39 is 11.2 Å². The molecule has 22 heavy (non-hydrogen) atoms. The standard InChI is InChI=1S/C17H25BO4/c1-16(2)17(3,13-20-15-9-11-19-12-10-15)22-18(21-16)14-7-5-4-6-8-14/h4-8,15H,9-13H2,1-3H3. The maximum absolute atomic E-state index is 6.26. The Kier molecular flexibility index (Phi) is 4.60. The van der Waals surface area contributed by atoms with Gasteiger partial charge < -0.3 is 18.8 Å². The van der Waals surface area contributed by atoms with Gasteiger partial charge in [0.2, 0.25) is 0 Å². The van der Waals surface area contributed by atoms with Crippen molar-refractivity contribution in [3.63, 3.8) is 0 Å². The molecule has 0 aromatic heterocycles. The maximum Gasteiger partial charge on any atom is 0.494 e. The zero-order valence-corrected chi connectivity index (χ0v) is 13.7. The van der Waals surface area contributed by atoms with Crippen LogP contribution in [0.2, 0.25) is 0 Å². The quantitative estimate of drug-likeness (QED) is 0.799. The first-order valence-corrected chi connectivity index (χ1v) is 8.10. The molecule has 5 heteroatoms. The summed E-state index contributed by atoms with van der Waals surface area (Å²) in [5, 5.41) is 0. The molecule has 2 fully saturated rings. The lowest BCUT2D eigenvalue weighted by atomic mass is 9.79. The topological polar surface area (TPSA) is 36.9 Å². The minimum absolute atomic E-state index is 0.265. The Morgan fingerprint density at radius 3 is 2.45 bits per heavy atom. The Morgan fingerprint density at radius 1 is 1.09 bits per heavy atom. The molecule has 1 aromatic rings. The van der Waals surface area contributed by atoms with Crippen LogP contribution in [0.5, 0.6) is 0 Å². The van der Waals surface area contributed by atoms with E-state index in [2.05, 4.69) is 20.8 Å². The summed E-state index contributed by atoms with van der Waals surface area (Å²) in [5.74, 6) is 0. The monoisotopic (exact) mass is 304 g/mol. The smallest absolute Gasteiger partial charge is 0.399 e. The van der Waals surface area contributed by atoms with Gasteiger partial charge in [-0.1, -0.05) is 30.3 Å². The highest BCUT2D eigenvalue weighted by Gasteiger charge is 2.55. The molecule has 0 saturated carbocycles. The van der Waals surface area contributed by atoms with Crippen LogP contribution in [0.15, 0.2) is 30.3 Å². The fraction of sp³-hybridized carbons (Fsp3) is 0.647. The van der Waals surface area contributed by atoms with Crippen LogP contribution in [0.3, 0.4) is 0 Å². The molecule has 3 rings (SSSR count). The normalized spacial score (nSPS) is 29.0. The van der Waals surface area contributed by atoms with Crippen molar-refractivity contribution >= 4 is 12.6 Å². The van der Waals surface area contributed by atoms with Crippen molar-refractivity contribution in [2.24, 2.45) is 0 Å². The third kappa shape index (κ3) is 3.23. The molecule has 0 N–H and O–H groups in total. The van der Waals surface area contributed by atoms with Crippen LogP contribution in [0, 0.1) is 0 Å². The van der Waals surface area contributed by atoms with E-state index in [4.69, 9.17) is 18.8 Å². The van der Waals surface area contributed by atoms with Crippen LogP contribution in [0.25, 0.3) is 0 Å². The van der Waals surface area contributed by atoms with E-state index >= 15 is 0 Å². The number of hydrogen-bond donors (Lipinski definition) is 0. The van der Waals surface area contributed by atoms with Crippen molar-refractivity contribution in [2.75, 3.05) is 19.8 Å². The average molecular weight is 304 g/mol. The molecular weight excluding hydrogens is 279 g/mol. The Hall–Kier alpha value is -0.875. The number of benzene rings is 1. The molecule has 0 amide bonds. The lowest BCUT2D eigenvalue weighted by molar-refractivity contribution is -0.110. The Balaban J connectivity index is 1.66. The highest BCUT2D eigenvalue weighted by atomic mass is 16.7. The maximum atomic E-state index is 6.26. The molecule has 1 unspecified atom stereocenters. The predicted molar refractivity (Wildman–Crippen MR) is 86.3 cm³/mol. The molecule has 2 saturated heterocycles. The molecule has 120 valence electrons. The number of ether oxygens (including phenoxy) is 2. The van der Waals surface area contributed by atoms with Gasteiger partial charge >= 0.3 is 7.12 Å². The zero-order chi connectivity index (χ0) is 15.6. The fourth-order valence-electron chi connectivity index (χ4n) is 2.87. The molecule has 0 bridgehead atoms. The van der Waals surface area contributed by atoms with Gasteiger partial charge in [-0.15, -0.1) is 0 Å². The van der Waals surface area contributed by atoms with Gasteiger partial charge in [-0.05, 0) is 39.1 Å². The van der Waals surface area contributed by atoms with Gasteiger partial charge in [0.15, 0.2) is 0 Å². The first-order valence-electron chi connectivity index (χ1n) is 8.10. The molecular formula is C17H25BO4. The summed E-state index contributed by atoms with van der Waals surface area (Å²) < 4.78 is 23.9. The first kappa shape index (κ1) is 16.0. The van der Waals surface area contributed by atoms with Crippen molar-refractivity contribution in [1.29, 1.82) is 0 Å². The van der Waals surface area contributed by atoms with Gasteiger partial charge in [0.1, 0.15) is 5.60 Å². The second-order valence-corrected chi connectivity index (χ2v) is 6.84. The SMILES string of the molecule is CC1(C)OB(c2ccccc2)OC1(C)COC1CCOCC1. The highest BCUT2D eigenvalue weighted by molar-refractivity contribution is 6.62. The third-order valence-corrected chi connectivity index (χ3v) is 4.88. The van der Waals surface area contributed by atoms with Gasteiger partial charge in [-0.2, -0.15) is 0 Å². The summed E-state index contributed by atoms with van der Waals surface area (Å²) in [7, 11) is -0.334. The van der Waals surface area contributed by atoms with E-state index in [0.717, 1.165) is 31.5 Å². The predicted octanol–water partition coefficient (Wildman–Crippen LogP) is 2.16. The minimum atomic E-state index is -0.466. The molecule has 0 spiro atoms. The molecule has 1 atom stereocenters. The summed E-state index contributed by atoms with van der Waals surface area (Å²) in [6.45, 7) is 8.33. The summed E-state index contributed by atoms with van der Waals surface area (Å²) in [6, 6.07) is 10.1. The summed E-state index contributed by atoms with van der Waals surface area (Å²) in [5.41, 5.74) is 0.176. The van der Waals surface area contributed by atoms with Gasteiger partial charge in [-0.3, -0.25) is 0 Å². The summed E-state index contributed by atoms with van der Waals surface area (Å²) in [4.78, 5) is 0. The van der Waals surface area contributed by atoms with Crippen molar-refractivity contribution in [2.45, 2.75) is 50.9 Å². The highest BCUT2D eigenvalue weighted by Crippen LogP contribution is 2.37. The second kappa shape index (κ2) is 6.32. The van der Waals surface area contributed by atoms with Crippen LogP contribution in [-0.2, 0) is 18.8 Å². The van der Waals surface area contributed by atoms with Crippen LogP contribution in [-0.4, -0.2) is 44.2 Å². The first-order chi connectivity index (χ1) is 10.5. The molecule has 2 aliphatic rings. The van der Waals surface area contributed by atoms with Crippen molar-refractivity contribution < 1.29 is 18.8 Å². The molecule has 2 heterocycles. The fourth-order valence-corrected chi connectivity index (χ4v) is 2.87. The van der Waals surface area contributed by atoms with Gasteiger partial charge in [0.25, 0.3) is 0 Å². The molecule has 0 radical (unpaired) electrons. The lowest BCUT2D eigenvalue weighted by Gasteiger charge is -2.37. The average Bonchev–Trinajstić information content (AvgIpc) is 2.78. The van der Waals surface area contributed by atoms with Crippen LogP contribution in [0.4, 0.5) is 0 Å². The second-order valence-electron chi connectivity index (χ2n) is 6.84. The molecule has 0 aliphatic carbocycles. The van der Waals surface area contributed by atoms with E-state index in [9.17, 15) is 0 Å². The number of rotatable bonds is 4. The molecule has 2 aliphatic heterocycles.